The van der Waals surface area contributed by atoms with Gasteiger partial charge >= 0.3 is 0 Å². The Hall–Kier alpha value is -0.350. The van der Waals surface area contributed by atoms with Crippen LogP contribution in [0.1, 0.15) is 24.8 Å². The third-order valence-corrected chi connectivity index (χ3v) is 4.06. The van der Waals surface area contributed by atoms with Crippen molar-refractivity contribution in [3.63, 3.8) is 0 Å². The zero-order valence-electron chi connectivity index (χ0n) is 11.9. The first-order valence-electron chi connectivity index (χ1n) is 6.99. The third-order valence-electron chi connectivity index (χ3n) is 3.84. The predicted molar refractivity (Wildman–Crippen MR) is 85.2 cm³/mol. The van der Waals surface area contributed by atoms with E-state index in [2.05, 4.69) is 10.2 Å². The second-order valence-corrected chi connectivity index (χ2v) is 5.83. The van der Waals surface area contributed by atoms with Crippen molar-refractivity contribution in [3.8, 4) is 0 Å². The normalized spacial score (nSPS) is 16.9. The fourth-order valence-corrected chi connectivity index (χ4v) is 2.99. The van der Waals surface area contributed by atoms with Crippen molar-refractivity contribution in [1.82, 2.24) is 10.2 Å². The molecule has 1 aromatic rings. The zero-order valence-corrected chi connectivity index (χ0v) is 13.4. The summed E-state index contributed by atoms with van der Waals surface area (Å²) in [6.45, 7) is 4.10. The number of nitrogens with zero attached hydrogens (tertiary/aromatic N) is 1. The van der Waals surface area contributed by atoms with E-state index >= 15 is 0 Å². The molecule has 0 unspecified atom stereocenters. The minimum absolute atomic E-state index is 0. The van der Waals surface area contributed by atoms with Gasteiger partial charge in [-0.05, 0) is 75.6 Å². The summed E-state index contributed by atoms with van der Waals surface area (Å²) in [5.74, 6) is 0.589. The Kier molecular flexibility index (Phi) is 7.82. The summed E-state index contributed by atoms with van der Waals surface area (Å²) in [6.07, 6.45) is 3.74. The number of benzene rings is 1. The van der Waals surface area contributed by atoms with Crippen molar-refractivity contribution in [2.45, 2.75) is 25.8 Å². The first-order valence-corrected chi connectivity index (χ1v) is 7.37. The van der Waals surface area contributed by atoms with Crippen molar-refractivity contribution >= 4 is 24.0 Å². The molecule has 0 aliphatic carbocycles. The van der Waals surface area contributed by atoms with Crippen LogP contribution in [0.5, 0.6) is 0 Å². The van der Waals surface area contributed by atoms with Crippen LogP contribution >= 0.6 is 24.0 Å². The van der Waals surface area contributed by atoms with Gasteiger partial charge in [0, 0.05) is 11.6 Å². The number of nitrogens with one attached hydrogen (secondary N) is 1. The first kappa shape index (κ1) is 17.7. The van der Waals surface area contributed by atoms with Crippen molar-refractivity contribution in [1.29, 1.82) is 0 Å². The maximum Gasteiger partial charge on any atom is 0.125 e. The molecule has 0 amide bonds. The highest BCUT2D eigenvalue weighted by Gasteiger charge is 2.18. The molecular formula is C15H23Cl2FN2. The van der Waals surface area contributed by atoms with Gasteiger partial charge in [0.05, 0.1) is 0 Å². The van der Waals surface area contributed by atoms with E-state index in [0.29, 0.717) is 5.02 Å². The minimum Gasteiger partial charge on any atom is -0.320 e. The molecule has 0 aromatic heterocycles. The van der Waals surface area contributed by atoms with Gasteiger partial charge in [0.1, 0.15) is 5.82 Å². The van der Waals surface area contributed by atoms with Crippen LogP contribution in [-0.2, 0) is 6.54 Å². The second kappa shape index (κ2) is 8.83. The van der Waals surface area contributed by atoms with E-state index in [4.69, 9.17) is 11.6 Å². The Morgan fingerprint density at radius 3 is 2.60 bits per heavy atom. The van der Waals surface area contributed by atoms with Crippen LogP contribution in [0.4, 0.5) is 4.39 Å². The van der Waals surface area contributed by atoms with Gasteiger partial charge in [-0.15, -0.1) is 12.4 Å². The Balaban J connectivity index is 0.00000200. The lowest BCUT2D eigenvalue weighted by Gasteiger charge is -2.32. The fourth-order valence-electron chi connectivity index (χ4n) is 2.74. The highest BCUT2D eigenvalue weighted by molar-refractivity contribution is 6.30. The molecule has 5 heteroatoms. The first-order chi connectivity index (χ1) is 9.17. The monoisotopic (exact) mass is 320 g/mol. The summed E-state index contributed by atoms with van der Waals surface area (Å²) in [4.78, 5) is 2.39. The topological polar surface area (TPSA) is 15.3 Å². The fraction of sp³-hybridized carbons (Fsp3) is 0.600. The number of hydrogen-bond donors (Lipinski definition) is 1. The largest absolute Gasteiger partial charge is 0.320 e. The van der Waals surface area contributed by atoms with Gasteiger partial charge in [-0.3, -0.25) is 4.90 Å². The molecule has 2 nitrogen and oxygen atoms in total. The van der Waals surface area contributed by atoms with Crippen LogP contribution in [-0.4, -0.2) is 31.6 Å². The van der Waals surface area contributed by atoms with Gasteiger partial charge in [-0.25, -0.2) is 4.39 Å². The molecule has 1 saturated heterocycles. The Morgan fingerprint density at radius 1 is 1.30 bits per heavy atom. The predicted octanol–water partition coefficient (Wildman–Crippen LogP) is 3.72. The molecule has 20 heavy (non-hydrogen) atoms. The quantitative estimate of drug-likeness (QED) is 0.889. The Bertz CT molecular complexity index is 387. The number of rotatable bonds is 5. The summed E-state index contributed by atoms with van der Waals surface area (Å²) in [7, 11) is 2.00. The average Bonchev–Trinajstić information content (AvgIpc) is 2.37. The van der Waals surface area contributed by atoms with E-state index in [1.54, 1.807) is 6.07 Å². The van der Waals surface area contributed by atoms with E-state index in [9.17, 15) is 4.39 Å². The molecule has 1 aliphatic rings. The van der Waals surface area contributed by atoms with Crippen LogP contribution in [0.25, 0.3) is 0 Å². The van der Waals surface area contributed by atoms with Crippen molar-refractivity contribution in [2.75, 3.05) is 26.7 Å². The molecule has 1 N–H and O–H groups in total. The van der Waals surface area contributed by atoms with Crippen LogP contribution in [0, 0.1) is 11.7 Å². The highest BCUT2D eigenvalue weighted by Crippen LogP contribution is 2.22. The van der Waals surface area contributed by atoms with E-state index in [-0.39, 0.29) is 18.2 Å². The summed E-state index contributed by atoms with van der Waals surface area (Å²) in [6, 6.07) is 4.80. The number of hydrogen-bond acceptors (Lipinski definition) is 2. The van der Waals surface area contributed by atoms with Gasteiger partial charge < -0.3 is 5.32 Å². The molecule has 1 aliphatic heterocycles. The van der Waals surface area contributed by atoms with Crippen LogP contribution in [0.3, 0.4) is 0 Å². The lowest BCUT2D eigenvalue weighted by atomic mass is 9.93. The maximum atomic E-state index is 13.3. The minimum atomic E-state index is -0.244. The summed E-state index contributed by atoms with van der Waals surface area (Å²) in [5, 5.41) is 3.69. The van der Waals surface area contributed by atoms with Gasteiger partial charge in [-0.2, -0.15) is 0 Å². The van der Waals surface area contributed by atoms with Crippen molar-refractivity contribution in [3.05, 3.63) is 34.6 Å². The highest BCUT2D eigenvalue weighted by atomic mass is 35.5. The van der Waals surface area contributed by atoms with E-state index in [1.165, 1.54) is 25.3 Å². The lowest BCUT2D eigenvalue weighted by molar-refractivity contribution is 0.172. The summed E-state index contributed by atoms with van der Waals surface area (Å²) in [5.41, 5.74) is 0.971. The molecule has 0 saturated carbocycles. The van der Waals surface area contributed by atoms with E-state index in [1.807, 2.05) is 13.1 Å². The standard InChI is InChI=1S/C15H22ClFN2.ClH/c1-18-5-2-12-3-6-19(7-4-12)11-13-8-14(16)10-15(17)9-13;/h8-10,12,18H,2-7,11H2,1H3;1H. The number of halogens is 3. The molecule has 1 aromatic carbocycles. The molecule has 1 heterocycles. The number of piperidine rings is 1. The molecule has 114 valence electrons. The van der Waals surface area contributed by atoms with Gasteiger partial charge in [0.15, 0.2) is 0 Å². The average molecular weight is 321 g/mol. The zero-order chi connectivity index (χ0) is 13.7. The van der Waals surface area contributed by atoms with Gasteiger partial charge in [-0.1, -0.05) is 11.6 Å². The Morgan fingerprint density at radius 2 is 2.00 bits per heavy atom. The SMILES string of the molecule is CNCCC1CCN(Cc2cc(F)cc(Cl)c2)CC1.Cl. The van der Waals surface area contributed by atoms with Gasteiger partial charge in [0.2, 0.25) is 0 Å². The van der Waals surface area contributed by atoms with Crippen LogP contribution in [0.15, 0.2) is 18.2 Å². The molecule has 0 spiro atoms. The lowest BCUT2D eigenvalue weighted by Crippen LogP contribution is -2.34. The smallest absolute Gasteiger partial charge is 0.125 e. The number of likely N-dealkylation sites (tertiary alicyclic amines) is 1. The van der Waals surface area contributed by atoms with Crippen molar-refractivity contribution < 1.29 is 4.39 Å². The van der Waals surface area contributed by atoms with E-state index in [0.717, 1.165) is 37.7 Å². The molecule has 2 rings (SSSR count). The van der Waals surface area contributed by atoms with E-state index < -0.39 is 0 Å². The second-order valence-electron chi connectivity index (χ2n) is 5.39. The Labute approximate surface area is 132 Å². The summed E-state index contributed by atoms with van der Waals surface area (Å²) >= 11 is 5.88. The molecule has 1 fully saturated rings. The molecular weight excluding hydrogens is 298 g/mol. The molecule has 0 radical (unpaired) electrons. The third kappa shape index (κ3) is 5.57. The van der Waals surface area contributed by atoms with Crippen LogP contribution in [0.2, 0.25) is 5.02 Å². The molecule has 0 atom stereocenters. The molecule has 0 bridgehead atoms. The summed E-state index contributed by atoms with van der Waals surface area (Å²) < 4.78 is 13.3. The van der Waals surface area contributed by atoms with Crippen molar-refractivity contribution in [2.24, 2.45) is 5.92 Å². The maximum absolute atomic E-state index is 13.3. The van der Waals surface area contributed by atoms with Gasteiger partial charge in [0.25, 0.3) is 0 Å². The van der Waals surface area contributed by atoms with Crippen LogP contribution < -0.4 is 5.32 Å².